The van der Waals surface area contributed by atoms with Crippen molar-refractivity contribution in [2.75, 3.05) is 16.8 Å². The van der Waals surface area contributed by atoms with Gasteiger partial charge in [0.05, 0.1) is 0 Å². The van der Waals surface area contributed by atoms with Gasteiger partial charge in [-0.3, -0.25) is 4.79 Å². The van der Waals surface area contributed by atoms with Crippen LogP contribution in [0.5, 0.6) is 0 Å². The van der Waals surface area contributed by atoms with Gasteiger partial charge in [-0.1, -0.05) is 18.2 Å². The average Bonchev–Trinajstić information content (AvgIpc) is 2.85. The smallest absolute Gasteiger partial charge is 0.229 e. The van der Waals surface area contributed by atoms with Crippen LogP contribution in [-0.4, -0.2) is 18.5 Å². The Morgan fingerprint density at radius 2 is 1.95 bits per heavy atom. The van der Waals surface area contributed by atoms with Crippen LogP contribution in [0, 0.1) is 5.82 Å². The van der Waals surface area contributed by atoms with Gasteiger partial charge in [0.15, 0.2) is 0 Å². The van der Waals surface area contributed by atoms with Crippen LogP contribution in [0.25, 0.3) is 0 Å². The maximum absolute atomic E-state index is 12.8. The number of carbonyl (C=O) groups excluding carboxylic acids is 1. The number of rotatable bonds is 4. The van der Waals surface area contributed by atoms with Gasteiger partial charge in [0.2, 0.25) is 5.91 Å². The lowest BCUT2D eigenvalue weighted by atomic mass is 10.1. The topological polar surface area (TPSA) is 32.3 Å². The molecule has 0 aliphatic carbocycles. The van der Waals surface area contributed by atoms with Crippen LogP contribution in [-0.2, 0) is 11.2 Å². The van der Waals surface area contributed by atoms with Crippen LogP contribution in [0.2, 0.25) is 0 Å². The van der Waals surface area contributed by atoms with Crippen molar-refractivity contribution in [2.45, 2.75) is 25.8 Å². The van der Waals surface area contributed by atoms with E-state index < -0.39 is 0 Å². The summed E-state index contributed by atoms with van der Waals surface area (Å²) in [6.07, 6.45) is 1.32. The van der Waals surface area contributed by atoms with E-state index in [0.29, 0.717) is 13.0 Å². The Morgan fingerprint density at radius 1 is 1.23 bits per heavy atom. The molecule has 2 aromatic rings. The third kappa shape index (κ3) is 2.96. The number of benzene rings is 2. The fourth-order valence-electron chi connectivity index (χ4n) is 2.95. The van der Waals surface area contributed by atoms with Crippen LogP contribution in [0.15, 0.2) is 48.5 Å². The number of fused-ring (bicyclic) bond motifs is 1. The summed E-state index contributed by atoms with van der Waals surface area (Å²) in [5, 5.41) is 3.15. The molecule has 3 rings (SSSR count). The van der Waals surface area contributed by atoms with E-state index in [1.165, 1.54) is 17.7 Å². The summed E-state index contributed by atoms with van der Waals surface area (Å²) >= 11 is 0. The summed E-state index contributed by atoms with van der Waals surface area (Å²) in [5.41, 5.74) is 3.08. The molecule has 1 aliphatic rings. The Bertz CT molecular complexity index is 669. The number of carbonyl (C=O) groups is 1. The number of amides is 1. The fraction of sp³-hybridized carbons (Fsp3) is 0.278. The zero-order valence-electron chi connectivity index (χ0n) is 12.6. The summed E-state index contributed by atoms with van der Waals surface area (Å²) in [6, 6.07) is 14.4. The molecule has 0 fully saturated rings. The molecule has 22 heavy (non-hydrogen) atoms. The second kappa shape index (κ2) is 6.18. The van der Waals surface area contributed by atoms with E-state index >= 15 is 0 Å². The maximum Gasteiger partial charge on any atom is 0.229 e. The number of para-hydroxylation sites is 1. The molecule has 0 saturated carbocycles. The largest absolute Gasteiger partial charge is 0.385 e. The van der Waals surface area contributed by atoms with Crippen molar-refractivity contribution in [1.29, 1.82) is 0 Å². The van der Waals surface area contributed by atoms with Crippen LogP contribution in [0.3, 0.4) is 0 Å². The van der Waals surface area contributed by atoms with Gasteiger partial charge < -0.3 is 10.2 Å². The summed E-state index contributed by atoms with van der Waals surface area (Å²) in [4.78, 5) is 14.4. The van der Waals surface area contributed by atoms with Crippen LogP contribution >= 0.6 is 0 Å². The quantitative estimate of drug-likeness (QED) is 0.935. The molecule has 1 N–H and O–H groups in total. The summed E-state index contributed by atoms with van der Waals surface area (Å²) in [6.45, 7) is 2.61. The Kier molecular flexibility index (Phi) is 4.09. The number of anilines is 2. The van der Waals surface area contributed by atoms with Crippen molar-refractivity contribution in [2.24, 2.45) is 0 Å². The second-order valence-electron chi connectivity index (χ2n) is 5.63. The monoisotopic (exact) mass is 298 g/mol. The van der Waals surface area contributed by atoms with Crippen molar-refractivity contribution in [3.05, 3.63) is 59.9 Å². The fourth-order valence-corrected chi connectivity index (χ4v) is 2.95. The van der Waals surface area contributed by atoms with Gasteiger partial charge in [0.1, 0.15) is 5.82 Å². The molecule has 0 saturated heterocycles. The van der Waals surface area contributed by atoms with Gasteiger partial charge >= 0.3 is 0 Å². The third-order valence-corrected chi connectivity index (χ3v) is 3.99. The zero-order chi connectivity index (χ0) is 15.5. The van der Waals surface area contributed by atoms with Gasteiger partial charge in [-0.2, -0.15) is 0 Å². The minimum Gasteiger partial charge on any atom is -0.385 e. The first kappa shape index (κ1) is 14.6. The molecule has 1 heterocycles. The zero-order valence-corrected chi connectivity index (χ0v) is 12.6. The van der Waals surface area contributed by atoms with E-state index in [1.807, 2.05) is 23.1 Å². The third-order valence-electron chi connectivity index (χ3n) is 3.99. The first-order chi connectivity index (χ1) is 10.6. The standard InChI is InChI=1S/C18H19FN2O/c1-13-12-14-4-2-3-5-17(14)21(13)18(22)10-11-20-16-8-6-15(19)7-9-16/h2-9,13,20H,10-12H2,1H3. The predicted octanol–water partition coefficient (Wildman–Crippen LogP) is 3.61. The molecule has 1 atom stereocenters. The summed E-state index contributed by atoms with van der Waals surface area (Å²) in [5.74, 6) is -0.142. The maximum atomic E-state index is 12.8. The number of nitrogens with zero attached hydrogens (tertiary/aromatic N) is 1. The van der Waals surface area contributed by atoms with Gasteiger partial charge in [0.25, 0.3) is 0 Å². The molecule has 1 unspecified atom stereocenters. The molecule has 2 aromatic carbocycles. The van der Waals surface area contributed by atoms with E-state index in [2.05, 4.69) is 18.3 Å². The highest BCUT2D eigenvalue weighted by molar-refractivity contribution is 5.96. The Morgan fingerprint density at radius 3 is 2.73 bits per heavy atom. The predicted molar refractivity (Wildman–Crippen MR) is 86.6 cm³/mol. The van der Waals surface area contributed by atoms with Crippen LogP contribution < -0.4 is 10.2 Å². The first-order valence-corrected chi connectivity index (χ1v) is 7.54. The van der Waals surface area contributed by atoms with Crippen molar-refractivity contribution in [3.8, 4) is 0 Å². The Labute approximate surface area is 129 Å². The highest BCUT2D eigenvalue weighted by atomic mass is 19.1. The SMILES string of the molecule is CC1Cc2ccccc2N1C(=O)CCNc1ccc(F)cc1. The second-order valence-corrected chi connectivity index (χ2v) is 5.63. The number of hydrogen-bond acceptors (Lipinski definition) is 2. The minimum atomic E-state index is -0.260. The van der Waals surface area contributed by atoms with Gasteiger partial charge in [-0.05, 0) is 49.2 Å². The van der Waals surface area contributed by atoms with Crippen LogP contribution in [0.1, 0.15) is 18.9 Å². The van der Waals surface area contributed by atoms with Crippen molar-refractivity contribution in [3.63, 3.8) is 0 Å². The van der Waals surface area contributed by atoms with Crippen molar-refractivity contribution >= 4 is 17.3 Å². The number of halogens is 1. The van der Waals surface area contributed by atoms with E-state index in [1.54, 1.807) is 12.1 Å². The lowest BCUT2D eigenvalue weighted by Gasteiger charge is -2.23. The minimum absolute atomic E-state index is 0.118. The molecule has 114 valence electrons. The van der Waals surface area contributed by atoms with E-state index in [0.717, 1.165) is 17.8 Å². The summed E-state index contributed by atoms with van der Waals surface area (Å²) < 4.78 is 12.8. The Balaban J connectivity index is 1.59. The van der Waals surface area contributed by atoms with Gasteiger partial charge in [-0.15, -0.1) is 0 Å². The molecular weight excluding hydrogens is 279 g/mol. The highest BCUT2D eigenvalue weighted by Crippen LogP contribution is 2.32. The lowest BCUT2D eigenvalue weighted by Crippen LogP contribution is -2.36. The van der Waals surface area contributed by atoms with Gasteiger partial charge in [-0.25, -0.2) is 4.39 Å². The number of nitrogens with one attached hydrogen (secondary N) is 1. The molecule has 0 bridgehead atoms. The van der Waals surface area contributed by atoms with Gasteiger partial charge in [0, 0.05) is 30.4 Å². The molecule has 0 aromatic heterocycles. The molecule has 4 heteroatoms. The normalized spacial score (nSPS) is 16.5. The van der Waals surface area contributed by atoms with Crippen molar-refractivity contribution in [1.82, 2.24) is 0 Å². The Hall–Kier alpha value is -2.36. The molecule has 1 amide bonds. The highest BCUT2D eigenvalue weighted by Gasteiger charge is 2.29. The van der Waals surface area contributed by atoms with Crippen LogP contribution in [0.4, 0.5) is 15.8 Å². The molecule has 1 aliphatic heterocycles. The first-order valence-electron chi connectivity index (χ1n) is 7.54. The average molecular weight is 298 g/mol. The van der Waals surface area contributed by atoms with E-state index in [-0.39, 0.29) is 17.8 Å². The van der Waals surface area contributed by atoms with E-state index in [9.17, 15) is 9.18 Å². The summed E-state index contributed by atoms with van der Waals surface area (Å²) in [7, 11) is 0. The molecular formula is C18H19FN2O. The number of hydrogen-bond donors (Lipinski definition) is 1. The lowest BCUT2D eigenvalue weighted by molar-refractivity contribution is -0.118. The molecule has 0 spiro atoms. The molecule has 3 nitrogen and oxygen atoms in total. The van der Waals surface area contributed by atoms with Crippen molar-refractivity contribution < 1.29 is 9.18 Å². The van der Waals surface area contributed by atoms with E-state index in [4.69, 9.17) is 0 Å². The molecule has 0 radical (unpaired) electrons.